The highest BCUT2D eigenvalue weighted by atomic mass is 14.9. The lowest BCUT2D eigenvalue weighted by atomic mass is 10.1. The molecule has 1 radical (unpaired) electrons. The molecule has 0 fully saturated rings. The summed E-state index contributed by atoms with van der Waals surface area (Å²) >= 11 is 0. The molecule has 61 valence electrons. The molecular formula is C10H6N3. The lowest BCUT2D eigenvalue weighted by Crippen LogP contribution is -1.81. The van der Waals surface area contributed by atoms with Crippen LogP contribution in [0.2, 0.25) is 0 Å². The molecule has 0 amide bonds. The molecule has 1 aromatic heterocycles. The van der Waals surface area contributed by atoms with E-state index in [1.54, 1.807) is 18.3 Å². The molecule has 0 spiro atoms. The third-order valence-electron chi connectivity index (χ3n) is 1.71. The SMILES string of the molecule is N#Cc1cccc(-c2n[c]c[nH]2)c1. The van der Waals surface area contributed by atoms with E-state index >= 15 is 0 Å². The van der Waals surface area contributed by atoms with E-state index in [9.17, 15) is 0 Å². The van der Waals surface area contributed by atoms with Crippen LogP contribution in [-0.2, 0) is 0 Å². The van der Waals surface area contributed by atoms with Crippen molar-refractivity contribution in [2.75, 3.05) is 0 Å². The molecule has 13 heavy (non-hydrogen) atoms. The van der Waals surface area contributed by atoms with Crippen molar-refractivity contribution in [2.24, 2.45) is 0 Å². The van der Waals surface area contributed by atoms with Crippen LogP contribution in [0.15, 0.2) is 30.5 Å². The summed E-state index contributed by atoms with van der Waals surface area (Å²) in [6.45, 7) is 0. The van der Waals surface area contributed by atoms with Gasteiger partial charge in [-0.25, -0.2) is 4.98 Å². The number of benzene rings is 1. The van der Waals surface area contributed by atoms with Gasteiger partial charge in [0.15, 0.2) is 0 Å². The second-order valence-electron chi connectivity index (χ2n) is 2.57. The first kappa shape index (κ1) is 7.56. The summed E-state index contributed by atoms with van der Waals surface area (Å²) in [4.78, 5) is 6.90. The quantitative estimate of drug-likeness (QED) is 0.705. The first-order valence-corrected chi connectivity index (χ1v) is 3.82. The predicted octanol–water partition coefficient (Wildman–Crippen LogP) is 1.75. The van der Waals surface area contributed by atoms with Gasteiger partial charge in [0.05, 0.1) is 11.6 Å². The summed E-state index contributed by atoms with van der Waals surface area (Å²) in [5, 5.41) is 8.67. The molecule has 0 aliphatic carbocycles. The number of H-pyrrole nitrogens is 1. The summed E-state index contributed by atoms with van der Waals surface area (Å²) < 4.78 is 0. The Bertz CT molecular complexity index is 437. The van der Waals surface area contributed by atoms with Gasteiger partial charge in [-0.05, 0) is 12.1 Å². The predicted molar refractivity (Wildman–Crippen MR) is 47.6 cm³/mol. The highest BCUT2D eigenvalue weighted by molar-refractivity contribution is 5.57. The second kappa shape index (κ2) is 3.11. The van der Waals surface area contributed by atoms with E-state index < -0.39 is 0 Å². The fourth-order valence-electron chi connectivity index (χ4n) is 1.11. The molecule has 0 aliphatic rings. The third-order valence-corrected chi connectivity index (χ3v) is 1.71. The van der Waals surface area contributed by atoms with E-state index in [-0.39, 0.29) is 0 Å². The fraction of sp³-hybridized carbons (Fsp3) is 0. The molecule has 0 bridgehead atoms. The molecular weight excluding hydrogens is 162 g/mol. The average molecular weight is 168 g/mol. The molecule has 0 aliphatic heterocycles. The Morgan fingerprint density at radius 2 is 2.38 bits per heavy atom. The Kier molecular flexibility index (Phi) is 1.81. The summed E-state index contributed by atoms with van der Waals surface area (Å²) in [7, 11) is 0. The lowest BCUT2D eigenvalue weighted by molar-refractivity contribution is 1.30. The van der Waals surface area contributed by atoms with Gasteiger partial charge >= 0.3 is 0 Å². The molecule has 1 heterocycles. The highest BCUT2D eigenvalue weighted by Crippen LogP contribution is 2.14. The number of aromatic amines is 1. The van der Waals surface area contributed by atoms with Gasteiger partial charge in [-0.15, -0.1) is 0 Å². The molecule has 0 atom stereocenters. The largest absolute Gasteiger partial charge is 0.344 e. The van der Waals surface area contributed by atoms with E-state index in [1.807, 2.05) is 12.1 Å². The lowest BCUT2D eigenvalue weighted by Gasteiger charge is -1.95. The van der Waals surface area contributed by atoms with Crippen LogP contribution < -0.4 is 0 Å². The van der Waals surface area contributed by atoms with Crippen LogP contribution in [0.1, 0.15) is 5.56 Å². The summed E-state index contributed by atoms with van der Waals surface area (Å²) in [5.74, 6) is 0.733. The first-order valence-electron chi connectivity index (χ1n) is 3.82. The van der Waals surface area contributed by atoms with Gasteiger partial charge in [0.1, 0.15) is 12.0 Å². The van der Waals surface area contributed by atoms with E-state index in [2.05, 4.69) is 22.2 Å². The minimum absolute atomic E-state index is 0.633. The van der Waals surface area contributed by atoms with Crippen LogP contribution in [0.4, 0.5) is 0 Å². The average Bonchev–Trinajstić information content (AvgIpc) is 2.71. The molecule has 3 heteroatoms. The van der Waals surface area contributed by atoms with Crippen molar-refractivity contribution in [1.82, 2.24) is 9.97 Å². The number of rotatable bonds is 1. The van der Waals surface area contributed by atoms with Crippen LogP contribution in [0.3, 0.4) is 0 Å². The smallest absolute Gasteiger partial charge is 0.138 e. The van der Waals surface area contributed by atoms with Crippen molar-refractivity contribution in [1.29, 1.82) is 5.26 Å². The maximum atomic E-state index is 8.67. The van der Waals surface area contributed by atoms with Crippen LogP contribution in [0.5, 0.6) is 0 Å². The van der Waals surface area contributed by atoms with E-state index in [1.165, 1.54) is 0 Å². The number of aromatic nitrogens is 2. The molecule has 3 nitrogen and oxygen atoms in total. The molecule has 2 rings (SSSR count). The number of hydrogen-bond donors (Lipinski definition) is 1. The molecule has 1 N–H and O–H groups in total. The van der Waals surface area contributed by atoms with Crippen molar-refractivity contribution in [3.05, 3.63) is 42.2 Å². The number of nitrogens with one attached hydrogen (secondary N) is 1. The monoisotopic (exact) mass is 168 g/mol. The van der Waals surface area contributed by atoms with Crippen LogP contribution in [0.25, 0.3) is 11.4 Å². The van der Waals surface area contributed by atoms with Gasteiger partial charge in [-0.2, -0.15) is 5.26 Å². The Morgan fingerprint density at radius 3 is 3.08 bits per heavy atom. The Morgan fingerprint density at radius 1 is 1.46 bits per heavy atom. The van der Waals surface area contributed by atoms with Gasteiger partial charge in [0, 0.05) is 11.8 Å². The van der Waals surface area contributed by atoms with Crippen molar-refractivity contribution >= 4 is 0 Å². The summed E-state index contributed by atoms with van der Waals surface area (Å²) in [6, 6.07) is 9.35. The summed E-state index contributed by atoms with van der Waals surface area (Å²) in [6.07, 6.45) is 4.31. The van der Waals surface area contributed by atoms with Gasteiger partial charge in [-0.1, -0.05) is 12.1 Å². The Labute approximate surface area is 75.7 Å². The van der Waals surface area contributed by atoms with Crippen LogP contribution in [-0.4, -0.2) is 9.97 Å². The van der Waals surface area contributed by atoms with E-state index in [4.69, 9.17) is 5.26 Å². The number of nitriles is 1. The second-order valence-corrected chi connectivity index (χ2v) is 2.57. The van der Waals surface area contributed by atoms with Gasteiger partial charge in [-0.3, -0.25) is 0 Å². The molecule has 0 saturated carbocycles. The van der Waals surface area contributed by atoms with Crippen molar-refractivity contribution in [3.63, 3.8) is 0 Å². The minimum atomic E-state index is 0.633. The van der Waals surface area contributed by atoms with Crippen molar-refractivity contribution < 1.29 is 0 Å². The van der Waals surface area contributed by atoms with E-state index in [0.29, 0.717) is 5.56 Å². The molecule has 0 unspecified atom stereocenters. The minimum Gasteiger partial charge on any atom is -0.344 e. The number of imidazole rings is 1. The topological polar surface area (TPSA) is 52.5 Å². The standard InChI is InChI=1S/C10H6N3/c11-7-8-2-1-3-9(6-8)10-12-4-5-13-10/h1-4,6H,(H,12,13). The van der Waals surface area contributed by atoms with Crippen LogP contribution in [0, 0.1) is 17.5 Å². The number of nitrogens with zero attached hydrogens (tertiary/aromatic N) is 2. The summed E-state index contributed by atoms with van der Waals surface area (Å²) in [5.41, 5.74) is 1.54. The molecule has 1 aromatic carbocycles. The zero-order chi connectivity index (χ0) is 9.10. The first-order chi connectivity index (χ1) is 6.40. The van der Waals surface area contributed by atoms with Gasteiger partial charge < -0.3 is 4.98 Å². The van der Waals surface area contributed by atoms with Gasteiger partial charge in [0.2, 0.25) is 0 Å². The maximum absolute atomic E-state index is 8.67. The fourth-order valence-corrected chi connectivity index (χ4v) is 1.11. The van der Waals surface area contributed by atoms with Crippen molar-refractivity contribution in [3.8, 4) is 17.5 Å². The Hall–Kier alpha value is -2.08. The zero-order valence-electron chi connectivity index (χ0n) is 6.78. The van der Waals surface area contributed by atoms with Crippen LogP contribution >= 0.6 is 0 Å². The Balaban J connectivity index is 2.49. The molecule has 0 saturated heterocycles. The van der Waals surface area contributed by atoms with Crippen molar-refractivity contribution in [2.45, 2.75) is 0 Å². The number of hydrogen-bond acceptors (Lipinski definition) is 2. The third kappa shape index (κ3) is 1.42. The normalized spacial score (nSPS) is 9.46. The zero-order valence-corrected chi connectivity index (χ0v) is 6.78. The maximum Gasteiger partial charge on any atom is 0.138 e. The molecule has 2 aromatic rings. The van der Waals surface area contributed by atoms with Gasteiger partial charge in [0.25, 0.3) is 0 Å². The highest BCUT2D eigenvalue weighted by Gasteiger charge is 1.99. The van der Waals surface area contributed by atoms with E-state index in [0.717, 1.165) is 11.4 Å².